The van der Waals surface area contributed by atoms with Crippen LogP contribution in [0.15, 0.2) is 48.7 Å². The zero-order valence-electron chi connectivity index (χ0n) is 10.1. The maximum Gasteiger partial charge on any atom is 0.416 e. The van der Waals surface area contributed by atoms with Crippen LogP contribution in [-0.4, -0.2) is 4.98 Å². The van der Waals surface area contributed by atoms with E-state index in [9.17, 15) is 13.2 Å². The van der Waals surface area contributed by atoms with Crippen molar-refractivity contribution in [3.05, 3.63) is 65.5 Å². The first kappa shape index (κ1) is 13.5. The van der Waals surface area contributed by atoms with Gasteiger partial charge in [-0.25, -0.2) is 0 Å². The minimum absolute atomic E-state index is 0.320. The molecule has 0 bridgehead atoms. The molecule has 0 aliphatic carbocycles. The molecule has 2 nitrogen and oxygen atoms in total. The molecule has 0 aliphatic heterocycles. The second-order valence-corrected chi connectivity index (χ2v) is 4.26. The monoisotopic (exact) mass is 266 g/mol. The molecule has 19 heavy (non-hydrogen) atoms. The third-order valence-corrected chi connectivity index (χ3v) is 2.78. The number of benzene rings is 1. The Morgan fingerprint density at radius 2 is 1.89 bits per heavy atom. The van der Waals surface area contributed by atoms with Crippen LogP contribution in [0.3, 0.4) is 0 Å². The van der Waals surface area contributed by atoms with Gasteiger partial charge in [0.25, 0.3) is 0 Å². The zero-order valence-corrected chi connectivity index (χ0v) is 10.1. The van der Waals surface area contributed by atoms with Crippen molar-refractivity contribution in [1.82, 2.24) is 4.98 Å². The van der Waals surface area contributed by atoms with Gasteiger partial charge < -0.3 is 5.73 Å². The molecule has 1 aromatic heterocycles. The van der Waals surface area contributed by atoms with Crippen molar-refractivity contribution >= 4 is 0 Å². The zero-order chi connectivity index (χ0) is 13.9. The van der Waals surface area contributed by atoms with Gasteiger partial charge in [-0.05, 0) is 30.2 Å². The summed E-state index contributed by atoms with van der Waals surface area (Å²) in [6, 6.07) is 10.1. The molecule has 0 aliphatic rings. The number of hydrogen-bond donors (Lipinski definition) is 1. The van der Waals surface area contributed by atoms with Crippen molar-refractivity contribution in [2.24, 2.45) is 5.73 Å². The second-order valence-electron chi connectivity index (χ2n) is 4.26. The second kappa shape index (κ2) is 5.40. The van der Waals surface area contributed by atoms with Crippen LogP contribution in [0.25, 0.3) is 0 Å². The summed E-state index contributed by atoms with van der Waals surface area (Å²) in [5.41, 5.74) is 6.50. The molecule has 5 heteroatoms. The van der Waals surface area contributed by atoms with Crippen LogP contribution in [0.4, 0.5) is 13.2 Å². The smallest absolute Gasteiger partial charge is 0.322 e. The Labute approximate surface area is 109 Å². The van der Waals surface area contributed by atoms with E-state index in [0.717, 1.165) is 12.1 Å². The molecule has 1 unspecified atom stereocenters. The van der Waals surface area contributed by atoms with Crippen molar-refractivity contribution in [2.45, 2.75) is 18.6 Å². The largest absolute Gasteiger partial charge is 0.416 e. The first-order chi connectivity index (χ1) is 8.97. The summed E-state index contributed by atoms with van der Waals surface area (Å²) in [5.74, 6) is 0. The molecule has 0 spiro atoms. The maximum absolute atomic E-state index is 12.6. The van der Waals surface area contributed by atoms with Gasteiger partial charge in [0.05, 0.1) is 17.3 Å². The summed E-state index contributed by atoms with van der Waals surface area (Å²) in [6.07, 6.45) is -2.40. The van der Waals surface area contributed by atoms with E-state index >= 15 is 0 Å². The highest BCUT2D eigenvalue weighted by atomic mass is 19.4. The van der Waals surface area contributed by atoms with Crippen LogP contribution in [0.2, 0.25) is 0 Å². The lowest BCUT2D eigenvalue weighted by molar-refractivity contribution is -0.137. The van der Waals surface area contributed by atoms with Crippen LogP contribution >= 0.6 is 0 Å². The fourth-order valence-electron chi connectivity index (χ4n) is 1.83. The van der Waals surface area contributed by atoms with E-state index in [0.29, 0.717) is 17.7 Å². The number of hydrogen-bond acceptors (Lipinski definition) is 2. The minimum Gasteiger partial charge on any atom is -0.322 e. The van der Waals surface area contributed by atoms with Gasteiger partial charge in [0.15, 0.2) is 0 Å². The van der Waals surface area contributed by atoms with E-state index in [-0.39, 0.29) is 0 Å². The third kappa shape index (κ3) is 3.54. The van der Waals surface area contributed by atoms with Crippen LogP contribution in [0.5, 0.6) is 0 Å². The Morgan fingerprint density at radius 3 is 2.53 bits per heavy atom. The van der Waals surface area contributed by atoms with Crippen LogP contribution < -0.4 is 5.73 Å². The summed E-state index contributed by atoms with van der Waals surface area (Å²) in [5, 5.41) is 0. The predicted molar refractivity (Wildman–Crippen MR) is 66.3 cm³/mol. The first-order valence-corrected chi connectivity index (χ1v) is 5.79. The highest BCUT2D eigenvalue weighted by molar-refractivity contribution is 5.27. The van der Waals surface area contributed by atoms with E-state index in [2.05, 4.69) is 4.98 Å². The minimum atomic E-state index is -4.33. The summed E-state index contributed by atoms with van der Waals surface area (Å²) in [4.78, 5) is 4.10. The molecular formula is C14H13F3N2. The van der Waals surface area contributed by atoms with Crippen molar-refractivity contribution < 1.29 is 13.2 Å². The van der Waals surface area contributed by atoms with Gasteiger partial charge >= 0.3 is 6.18 Å². The molecule has 1 heterocycles. The Morgan fingerprint density at radius 1 is 1.11 bits per heavy atom. The number of nitrogens with zero attached hydrogens (tertiary/aromatic N) is 1. The fraction of sp³-hybridized carbons (Fsp3) is 0.214. The molecule has 2 N–H and O–H groups in total. The average molecular weight is 266 g/mol. The molecular weight excluding hydrogens is 253 g/mol. The van der Waals surface area contributed by atoms with Gasteiger partial charge in [0.1, 0.15) is 0 Å². The topological polar surface area (TPSA) is 38.9 Å². The molecule has 1 atom stereocenters. The number of pyridine rings is 1. The number of alkyl halides is 3. The molecule has 0 fully saturated rings. The van der Waals surface area contributed by atoms with Crippen molar-refractivity contribution in [3.63, 3.8) is 0 Å². The van der Waals surface area contributed by atoms with Crippen molar-refractivity contribution in [3.8, 4) is 0 Å². The van der Waals surface area contributed by atoms with E-state index < -0.39 is 17.8 Å². The molecule has 0 saturated carbocycles. The molecule has 0 saturated heterocycles. The van der Waals surface area contributed by atoms with E-state index in [4.69, 9.17) is 5.73 Å². The Bertz CT molecular complexity index is 538. The lowest BCUT2D eigenvalue weighted by atomic mass is 10.0. The molecule has 0 amide bonds. The standard InChI is InChI=1S/C14H13F3N2/c15-14(16,17)11-5-3-4-10(8-11)9-12(18)13-6-1-2-7-19-13/h1-8,12H,9,18H2. The lowest BCUT2D eigenvalue weighted by Gasteiger charge is -2.13. The van der Waals surface area contributed by atoms with Crippen molar-refractivity contribution in [2.75, 3.05) is 0 Å². The quantitative estimate of drug-likeness (QED) is 0.925. The third-order valence-electron chi connectivity index (χ3n) is 2.78. The summed E-state index contributed by atoms with van der Waals surface area (Å²) in [6.45, 7) is 0. The van der Waals surface area contributed by atoms with Gasteiger partial charge in [0.2, 0.25) is 0 Å². The Balaban J connectivity index is 2.16. The Hall–Kier alpha value is -1.88. The molecule has 1 aromatic carbocycles. The van der Waals surface area contributed by atoms with E-state index in [1.165, 1.54) is 6.07 Å². The summed E-state index contributed by atoms with van der Waals surface area (Å²) >= 11 is 0. The van der Waals surface area contributed by atoms with Crippen molar-refractivity contribution in [1.29, 1.82) is 0 Å². The van der Waals surface area contributed by atoms with Gasteiger partial charge in [-0.2, -0.15) is 13.2 Å². The average Bonchev–Trinajstić information content (AvgIpc) is 2.39. The number of nitrogens with two attached hydrogens (primary N) is 1. The van der Waals surface area contributed by atoms with Gasteiger partial charge in [0, 0.05) is 6.20 Å². The molecule has 2 aromatic rings. The molecule has 2 rings (SSSR count). The summed E-state index contributed by atoms with van der Waals surface area (Å²) in [7, 11) is 0. The van der Waals surface area contributed by atoms with Gasteiger partial charge in [-0.1, -0.05) is 24.3 Å². The number of rotatable bonds is 3. The maximum atomic E-state index is 12.6. The van der Waals surface area contributed by atoms with Gasteiger partial charge in [-0.3, -0.25) is 4.98 Å². The SMILES string of the molecule is NC(Cc1cccc(C(F)(F)F)c1)c1ccccn1. The van der Waals surface area contributed by atoms with E-state index in [1.807, 2.05) is 0 Å². The van der Waals surface area contributed by atoms with Crippen LogP contribution in [0.1, 0.15) is 22.9 Å². The lowest BCUT2D eigenvalue weighted by Crippen LogP contribution is -2.15. The highest BCUT2D eigenvalue weighted by Gasteiger charge is 2.30. The van der Waals surface area contributed by atoms with Crippen LogP contribution in [0, 0.1) is 0 Å². The predicted octanol–water partition coefficient (Wildman–Crippen LogP) is 3.34. The summed E-state index contributed by atoms with van der Waals surface area (Å²) < 4.78 is 37.8. The number of aromatic nitrogens is 1. The molecule has 100 valence electrons. The van der Waals surface area contributed by atoms with E-state index in [1.54, 1.807) is 30.5 Å². The number of halogens is 3. The highest BCUT2D eigenvalue weighted by Crippen LogP contribution is 2.30. The molecule has 0 radical (unpaired) electrons. The van der Waals surface area contributed by atoms with Gasteiger partial charge in [-0.15, -0.1) is 0 Å². The Kier molecular flexibility index (Phi) is 3.85. The normalized spacial score (nSPS) is 13.3. The van der Waals surface area contributed by atoms with Crippen LogP contribution in [-0.2, 0) is 12.6 Å². The fourth-order valence-corrected chi connectivity index (χ4v) is 1.83. The first-order valence-electron chi connectivity index (χ1n) is 5.79.